The Hall–Kier alpha value is -1.06. The minimum atomic E-state index is -4.52. The summed E-state index contributed by atoms with van der Waals surface area (Å²) in [5, 5.41) is 18.3. The monoisotopic (exact) mass is 775 g/mol. The van der Waals surface area contributed by atoms with Crippen molar-refractivity contribution >= 4 is 13.8 Å². The molecule has 0 spiro atoms. The van der Waals surface area contributed by atoms with Gasteiger partial charge >= 0.3 is 13.8 Å². The number of hydrogen-bond donors (Lipinski definition) is 3. The summed E-state index contributed by atoms with van der Waals surface area (Å²) in [7, 11) is -4.52. The maximum absolute atomic E-state index is 12.6. The number of carbonyl (C=O) groups excluding carboxylic acids is 1. The molecule has 9 nitrogen and oxygen atoms in total. The second kappa shape index (κ2) is 40.6. The second-order valence-corrected chi connectivity index (χ2v) is 16.2. The molecule has 0 saturated heterocycles. The number of unbranched alkanes of at least 4 members (excludes halogenated alkanes) is 24. The first-order chi connectivity index (χ1) is 25.8. The molecule has 0 heterocycles. The molecule has 0 aromatic carbocycles. The summed E-state index contributed by atoms with van der Waals surface area (Å²) < 4.78 is 33.3. The van der Waals surface area contributed by atoms with E-state index in [0.29, 0.717) is 13.0 Å². The molecular weight excluding hydrogens is 691 g/mol. The Balaban J connectivity index is 4.14. The highest BCUT2D eigenvalue weighted by Crippen LogP contribution is 2.43. The van der Waals surface area contributed by atoms with E-state index in [1.165, 1.54) is 116 Å². The lowest BCUT2D eigenvalue weighted by atomic mass is 10.0. The van der Waals surface area contributed by atoms with Crippen LogP contribution in [0.3, 0.4) is 0 Å². The third-order valence-electron chi connectivity index (χ3n) is 9.39. The van der Waals surface area contributed by atoms with Crippen molar-refractivity contribution in [1.29, 1.82) is 0 Å². The molecule has 0 saturated carbocycles. The summed E-state index contributed by atoms with van der Waals surface area (Å²) in [6.45, 7) is 3.49. The van der Waals surface area contributed by atoms with Crippen molar-refractivity contribution in [2.75, 3.05) is 33.0 Å². The van der Waals surface area contributed by atoms with Gasteiger partial charge in [0, 0.05) is 13.0 Å². The van der Waals surface area contributed by atoms with Crippen molar-refractivity contribution in [3.63, 3.8) is 0 Å². The molecular formula is C43H83O9P. The summed E-state index contributed by atoms with van der Waals surface area (Å²) in [5.74, 6) is -0.394. The highest BCUT2D eigenvalue weighted by Gasteiger charge is 2.26. The number of aliphatic hydroxyl groups is 2. The minimum absolute atomic E-state index is 0.0476. The van der Waals surface area contributed by atoms with Gasteiger partial charge in [-0.1, -0.05) is 179 Å². The van der Waals surface area contributed by atoms with E-state index in [1.807, 2.05) is 0 Å². The minimum Gasteiger partial charge on any atom is -0.457 e. The topological polar surface area (TPSA) is 132 Å². The molecule has 0 rings (SSSR count). The molecule has 0 aliphatic carbocycles. The number of rotatable bonds is 42. The third-order valence-corrected chi connectivity index (χ3v) is 10.3. The molecule has 0 bridgehead atoms. The molecule has 3 atom stereocenters. The average molecular weight is 775 g/mol. The molecule has 0 fully saturated rings. The molecule has 0 aromatic rings. The predicted molar refractivity (Wildman–Crippen MR) is 219 cm³/mol. The van der Waals surface area contributed by atoms with E-state index in [9.17, 15) is 19.4 Å². The Bertz CT molecular complexity index is 882. The number of phosphoric ester groups is 1. The molecule has 0 aliphatic rings. The number of carbonyl (C=O) groups is 1. The van der Waals surface area contributed by atoms with Gasteiger partial charge in [-0.2, -0.15) is 0 Å². The van der Waals surface area contributed by atoms with E-state index in [0.717, 1.165) is 57.8 Å². The van der Waals surface area contributed by atoms with Crippen LogP contribution in [0.5, 0.6) is 0 Å². The maximum Gasteiger partial charge on any atom is 0.472 e. The van der Waals surface area contributed by atoms with E-state index < -0.39 is 39.2 Å². The lowest BCUT2D eigenvalue weighted by Crippen LogP contribution is -2.29. The summed E-state index contributed by atoms with van der Waals surface area (Å²) in [5.41, 5.74) is 0. The molecule has 0 aromatic heterocycles. The van der Waals surface area contributed by atoms with Gasteiger partial charge in [-0.05, 0) is 38.5 Å². The Labute approximate surface area is 325 Å². The quantitative estimate of drug-likeness (QED) is 0.0240. The zero-order chi connectivity index (χ0) is 38.9. The van der Waals surface area contributed by atoms with Crippen LogP contribution in [0.1, 0.15) is 200 Å². The standard InChI is InChI=1S/C43H83O9P/c1-3-5-7-9-11-13-15-17-19-20-21-22-24-26-28-30-32-34-36-49-39-42(40-51-53(47,48)50-38-41(45)37-44)52-43(46)35-33-31-29-27-25-23-18-16-14-12-10-8-6-4-2/h10,12,16,18,41-42,44-45H,3-9,11,13-15,17,19-40H2,1-2H3,(H,47,48)/b12-10-,18-16-. The van der Waals surface area contributed by atoms with Crippen molar-refractivity contribution in [3.8, 4) is 0 Å². The molecule has 0 radical (unpaired) electrons. The van der Waals surface area contributed by atoms with Gasteiger partial charge in [-0.25, -0.2) is 4.57 Å². The zero-order valence-electron chi connectivity index (χ0n) is 34.2. The number of allylic oxidation sites excluding steroid dienone is 4. The number of aliphatic hydroxyl groups excluding tert-OH is 2. The number of hydrogen-bond acceptors (Lipinski definition) is 8. The fourth-order valence-electron chi connectivity index (χ4n) is 6.02. The van der Waals surface area contributed by atoms with Crippen LogP contribution in [0.2, 0.25) is 0 Å². The lowest BCUT2D eigenvalue weighted by Gasteiger charge is -2.20. The largest absolute Gasteiger partial charge is 0.472 e. The van der Waals surface area contributed by atoms with Crippen LogP contribution in [0.4, 0.5) is 0 Å². The molecule has 0 aliphatic heterocycles. The third kappa shape index (κ3) is 40.4. The Morgan fingerprint density at radius 1 is 0.585 bits per heavy atom. The normalized spacial score (nSPS) is 14.3. The van der Waals surface area contributed by atoms with Crippen molar-refractivity contribution in [1.82, 2.24) is 0 Å². The summed E-state index contributed by atoms with van der Waals surface area (Å²) >= 11 is 0. The first-order valence-electron chi connectivity index (χ1n) is 21.8. The molecule has 314 valence electrons. The van der Waals surface area contributed by atoms with Crippen LogP contribution in [-0.4, -0.2) is 66.3 Å². The number of ether oxygens (including phenoxy) is 2. The average Bonchev–Trinajstić information content (AvgIpc) is 3.15. The van der Waals surface area contributed by atoms with Crippen LogP contribution in [0, 0.1) is 0 Å². The Morgan fingerprint density at radius 2 is 1.04 bits per heavy atom. The van der Waals surface area contributed by atoms with Crippen LogP contribution >= 0.6 is 7.82 Å². The number of phosphoric acid groups is 1. The van der Waals surface area contributed by atoms with E-state index >= 15 is 0 Å². The van der Waals surface area contributed by atoms with Gasteiger partial charge < -0.3 is 24.6 Å². The fraction of sp³-hybridized carbons (Fsp3) is 0.884. The van der Waals surface area contributed by atoms with Gasteiger partial charge in [-0.3, -0.25) is 13.8 Å². The summed E-state index contributed by atoms with van der Waals surface area (Å²) in [6, 6.07) is 0. The fourth-order valence-corrected chi connectivity index (χ4v) is 6.81. The van der Waals surface area contributed by atoms with Gasteiger partial charge in [0.05, 0.1) is 26.4 Å². The van der Waals surface area contributed by atoms with Gasteiger partial charge in [0.2, 0.25) is 0 Å². The van der Waals surface area contributed by atoms with Crippen molar-refractivity contribution in [2.45, 2.75) is 212 Å². The first-order valence-corrected chi connectivity index (χ1v) is 23.3. The molecule has 3 N–H and O–H groups in total. The molecule has 10 heteroatoms. The Kier molecular flexibility index (Phi) is 39.8. The van der Waals surface area contributed by atoms with Gasteiger partial charge in [0.15, 0.2) is 0 Å². The van der Waals surface area contributed by atoms with Crippen molar-refractivity contribution in [2.24, 2.45) is 0 Å². The van der Waals surface area contributed by atoms with Gasteiger partial charge in [0.1, 0.15) is 12.2 Å². The Morgan fingerprint density at radius 3 is 1.57 bits per heavy atom. The molecule has 3 unspecified atom stereocenters. The first kappa shape index (κ1) is 51.9. The van der Waals surface area contributed by atoms with Crippen LogP contribution < -0.4 is 0 Å². The zero-order valence-corrected chi connectivity index (χ0v) is 35.1. The maximum atomic E-state index is 12.6. The van der Waals surface area contributed by atoms with Crippen LogP contribution in [-0.2, 0) is 27.9 Å². The molecule has 0 amide bonds. The van der Waals surface area contributed by atoms with Gasteiger partial charge in [-0.15, -0.1) is 0 Å². The molecule has 53 heavy (non-hydrogen) atoms. The van der Waals surface area contributed by atoms with E-state index in [1.54, 1.807) is 0 Å². The second-order valence-electron chi connectivity index (χ2n) is 14.7. The number of esters is 1. The van der Waals surface area contributed by atoms with Crippen LogP contribution in [0.15, 0.2) is 24.3 Å². The smallest absolute Gasteiger partial charge is 0.457 e. The van der Waals surface area contributed by atoms with E-state index in [-0.39, 0.29) is 19.6 Å². The van der Waals surface area contributed by atoms with E-state index in [2.05, 4.69) is 38.2 Å². The van der Waals surface area contributed by atoms with E-state index in [4.69, 9.17) is 23.6 Å². The van der Waals surface area contributed by atoms with Crippen molar-refractivity contribution < 1.29 is 43.0 Å². The lowest BCUT2D eigenvalue weighted by molar-refractivity contribution is -0.154. The van der Waals surface area contributed by atoms with Gasteiger partial charge in [0.25, 0.3) is 0 Å². The SMILES string of the molecule is CCCC/C=C\C/C=C\CCCCCCCC(=O)OC(COCCCCCCCCCCCCCCCCCCCC)COP(=O)(O)OCC(O)CO. The van der Waals surface area contributed by atoms with Crippen molar-refractivity contribution in [3.05, 3.63) is 24.3 Å². The highest BCUT2D eigenvalue weighted by atomic mass is 31.2. The van der Waals surface area contributed by atoms with Crippen LogP contribution in [0.25, 0.3) is 0 Å². The predicted octanol–water partition coefficient (Wildman–Crippen LogP) is 11.9. The highest BCUT2D eigenvalue weighted by molar-refractivity contribution is 7.47. The summed E-state index contributed by atoms with van der Waals surface area (Å²) in [4.78, 5) is 22.5. The summed E-state index contributed by atoms with van der Waals surface area (Å²) in [6.07, 6.45) is 41.3.